The first kappa shape index (κ1) is 12.1. The van der Waals surface area contributed by atoms with Crippen molar-refractivity contribution in [3.05, 3.63) is 0 Å². The Labute approximate surface area is 80.2 Å². The van der Waals surface area contributed by atoms with Gasteiger partial charge in [-0.25, -0.2) is 0 Å². The molecule has 0 amide bonds. The van der Waals surface area contributed by atoms with Crippen LogP contribution in [0.2, 0.25) is 0 Å². The van der Waals surface area contributed by atoms with Gasteiger partial charge in [-0.15, -0.1) is 0 Å². The molecule has 0 unspecified atom stereocenters. The van der Waals surface area contributed by atoms with Gasteiger partial charge >= 0.3 is 5.97 Å². The predicted octanol–water partition coefficient (Wildman–Crippen LogP) is 2.20. The number of hydrogen-bond acceptors (Lipinski definition) is 3. The van der Waals surface area contributed by atoms with E-state index in [4.69, 9.17) is 0 Å². The average Bonchev–Trinajstić information content (AvgIpc) is 2.16. The quantitative estimate of drug-likeness (QED) is 0.346. The second-order valence-electron chi connectivity index (χ2n) is 2.95. The molecule has 0 aromatic carbocycles. The van der Waals surface area contributed by atoms with E-state index in [-0.39, 0.29) is 12.5 Å². The van der Waals surface area contributed by atoms with Crippen LogP contribution < -0.4 is 0 Å². The number of hydrogen-bond donors (Lipinski definition) is 0. The molecule has 0 aromatic heterocycles. The molecule has 13 heavy (non-hydrogen) atoms. The summed E-state index contributed by atoms with van der Waals surface area (Å²) in [7, 11) is 1.37. The fourth-order valence-corrected chi connectivity index (χ4v) is 0.957. The number of esters is 1. The Hall–Kier alpha value is -0.860. The van der Waals surface area contributed by atoms with E-state index in [0.717, 1.165) is 6.42 Å². The van der Waals surface area contributed by atoms with Crippen LogP contribution in [0.4, 0.5) is 0 Å². The molecule has 0 aliphatic rings. The van der Waals surface area contributed by atoms with E-state index in [0.29, 0.717) is 0 Å². The topological polar surface area (TPSA) is 38.7 Å². The molecule has 0 radical (unpaired) electrons. The van der Waals surface area contributed by atoms with E-state index in [1.54, 1.807) is 0 Å². The molecule has 0 spiro atoms. The van der Waals surface area contributed by atoms with Crippen LogP contribution in [0.3, 0.4) is 0 Å². The molecular weight excluding hydrogens is 166 g/mol. The van der Waals surface area contributed by atoms with E-state index in [9.17, 15) is 4.79 Å². The molecule has 76 valence electrons. The number of rotatable bonds is 7. The highest BCUT2D eigenvalue weighted by atomic mass is 16.5. The molecule has 0 rings (SSSR count). The molecule has 0 bridgehead atoms. The third-order valence-electron chi connectivity index (χ3n) is 1.76. The first-order valence-corrected chi connectivity index (χ1v) is 4.86. The molecule has 3 heteroatoms. The van der Waals surface area contributed by atoms with Gasteiger partial charge < -0.3 is 4.74 Å². The van der Waals surface area contributed by atoms with E-state index in [2.05, 4.69) is 16.7 Å². The first-order valence-electron chi connectivity index (χ1n) is 4.86. The summed E-state index contributed by atoms with van der Waals surface area (Å²) in [4.78, 5) is 14.6. The molecule has 0 saturated heterocycles. The number of ether oxygens (including phenoxy) is 1. The number of unbranched alkanes of at least 4 members (excludes halogenated alkanes) is 4. The number of carbonyl (C=O) groups is 1. The molecule has 0 N–H and O–H groups in total. The minimum Gasteiger partial charge on any atom is -0.468 e. The third-order valence-corrected chi connectivity index (χ3v) is 1.76. The molecule has 0 aliphatic heterocycles. The zero-order chi connectivity index (χ0) is 9.94. The lowest BCUT2D eigenvalue weighted by molar-refractivity contribution is -0.138. The van der Waals surface area contributed by atoms with Crippen molar-refractivity contribution in [2.45, 2.75) is 39.0 Å². The molecule has 3 nitrogen and oxygen atoms in total. The van der Waals surface area contributed by atoms with Crippen molar-refractivity contribution < 1.29 is 9.53 Å². The van der Waals surface area contributed by atoms with Crippen molar-refractivity contribution in [2.24, 2.45) is 4.99 Å². The molecular formula is C10H19NO2. The minimum atomic E-state index is -0.273. The van der Waals surface area contributed by atoms with Crippen LogP contribution in [0.1, 0.15) is 39.0 Å². The van der Waals surface area contributed by atoms with E-state index >= 15 is 0 Å². The highest BCUT2D eigenvalue weighted by molar-refractivity contribution is 5.73. The Morgan fingerprint density at radius 3 is 2.77 bits per heavy atom. The Morgan fingerprint density at radius 2 is 2.15 bits per heavy atom. The fourth-order valence-electron chi connectivity index (χ4n) is 0.957. The van der Waals surface area contributed by atoms with Gasteiger partial charge in [-0.2, -0.15) is 0 Å². The van der Waals surface area contributed by atoms with Crippen molar-refractivity contribution in [2.75, 3.05) is 13.7 Å². The summed E-state index contributed by atoms with van der Waals surface area (Å²) < 4.78 is 4.44. The largest absolute Gasteiger partial charge is 0.468 e. The maximum absolute atomic E-state index is 10.6. The van der Waals surface area contributed by atoms with Gasteiger partial charge in [-0.1, -0.05) is 26.2 Å². The average molecular weight is 185 g/mol. The van der Waals surface area contributed by atoms with Gasteiger partial charge in [0.2, 0.25) is 0 Å². The maximum Gasteiger partial charge on any atom is 0.327 e. The van der Waals surface area contributed by atoms with Gasteiger partial charge in [-0.3, -0.25) is 9.79 Å². The Bertz CT molecular complexity index is 155. The summed E-state index contributed by atoms with van der Waals surface area (Å²) in [5.41, 5.74) is 0. The normalized spacial score (nSPS) is 10.6. The predicted molar refractivity (Wildman–Crippen MR) is 54.1 cm³/mol. The zero-order valence-corrected chi connectivity index (χ0v) is 8.58. The van der Waals surface area contributed by atoms with Crippen molar-refractivity contribution in [3.8, 4) is 0 Å². The van der Waals surface area contributed by atoms with Gasteiger partial charge in [0.15, 0.2) is 0 Å². The second-order valence-corrected chi connectivity index (χ2v) is 2.95. The van der Waals surface area contributed by atoms with Crippen LogP contribution in [-0.2, 0) is 9.53 Å². The van der Waals surface area contributed by atoms with Crippen molar-refractivity contribution in [3.63, 3.8) is 0 Å². The standard InChI is InChI=1S/C10H19NO2/c1-3-4-5-6-7-8-11-9-10(12)13-2/h8H,3-7,9H2,1-2H3. The molecule has 0 heterocycles. The summed E-state index contributed by atoms with van der Waals surface area (Å²) in [6.45, 7) is 2.34. The smallest absolute Gasteiger partial charge is 0.327 e. The summed E-state index contributed by atoms with van der Waals surface area (Å²) in [5, 5.41) is 0. The number of carbonyl (C=O) groups excluding carboxylic acids is 1. The molecule has 0 saturated carbocycles. The zero-order valence-electron chi connectivity index (χ0n) is 8.58. The highest BCUT2D eigenvalue weighted by Gasteiger charge is 1.93. The lowest BCUT2D eigenvalue weighted by Crippen LogP contribution is -2.04. The summed E-state index contributed by atoms with van der Waals surface area (Å²) in [6, 6.07) is 0. The third kappa shape index (κ3) is 9.05. The first-order chi connectivity index (χ1) is 6.31. The van der Waals surface area contributed by atoms with E-state index < -0.39 is 0 Å². The Balaban J connectivity index is 3.17. The van der Waals surface area contributed by atoms with Crippen LogP contribution in [0.25, 0.3) is 0 Å². The maximum atomic E-state index is 10.6. The van der Waals surface area contributed by atoms with Gasteiger partial charge in [-0.05, 0) is 19.1 Å². The van der Waals surface area contributed by atoms with Crippen LogP contribution in [-0.4, -0.2) is 25.8 Å². The van der Waals surface area contributed by atoms with Gasteiger partial charge in [0.05, 0.1) is 7.11 Å². The second kappa shape index (κ2) is 9.23. The lowest BCUT2D eigenvalue weighted by Gasteiger charge is -1.94. The summed E-state index contributed by atoms with van der Waals surface area (Å²) in [6.07, 6.45) is 7.73. The monoisotopic (exact) mass is 185 g/mol. The fraction of sp³-hybridized carbons (Fsp3) is 0.800. The van der Waals surface area contributed by atoms with E-state index in [1.165, 1.54) is 32.8 Å². The molecule has 0 fully saturated rings. The van der Waals surface area contributed by atoms with Gasteiger partial charge in [0.1, 0.15) is 6.54 Å². The van der Waals surface area contributed by atoms with Crippen molar-refractivity contribution in [1.29, 1.82) is 0 Å². The van der Waals surface area contributed by atoms with Gasteiger partial charge in [0.25, 0.3) is 0 Å². The minimum absolute atomic E-state index is 0.157. The lowest BCUT2D eigenvalue weighted by atomic mass is 10.2. The van der Waals surface area contributed by atoms with Crippen molar-refractivity contribution >= 4 is 12.2 Å². The van der Waals surface area contributed by atoms with Crippen LogP contribution in [0.5, 0.6) is 0 Å². The number of aliphatic imine (C=N–C) groups is 1. The molecule has 0 aliphatic carbocycles. The SMILES string of the molecule is CCCCCCC=NCC(=O)OC. The van der Waals surface area contributed by atoms with Gasteiger partial charge in [0, 0.05) is 0 Å². The molecule has 0 atom stereocenters. The van der Waals surface area contributed by atoms with Crippen LogP contribution in [0, 0.1) is 0 Å². The number of methoxy groups -OCH3 is 1. The molecule has 0 aromatic rings. The van der Waals surface area contributed by atoms with Crippen molar-refractivity contribution in [1.82, 2.24) is 0 Å². The summed E-state index contributed by atoms with van der Waals surface area (Å²) in [5.74, 6) is -0.273. The Kier molecular flexibility index (Phi) is 8.62. The Morgan fingerprint density at radius 1 is 1.38 bits per heavy atom. The van der Waals surface area contributed by atoms with Crippen LogP contribution >= 0.6 is 0 Å². The number of nitrogens with zero attached hydrogens (tertiary/aromatic N) is 1. The summed E-state index contributed by atoms with van der Waals surface area (Å²) >= 11 is 0. The van der Waals surface area contributed by atoms with Crippen LogP contribution in [0.15, 0.2) is 4.99 Å². The van der Waals surface area contributed by atoms with E-state index in [1.807, 2.05) is 6.21 Å². The highest BCUT2D eigenvalue weighted by Crippen LogP contribution is 2.00.